The van der Waals surface area contributed by atoms with Crippen LogP contribution in [0.1, 0.15) is 64.6 Å². The van der Waals surface area contributed by atoms with E-state index >= 15 is 0 Å². The van der Waals surface area contributed by atoms with Crippen molar-refractivity contribution in [1.82, 2.24) is 14.8 Å². The minimum atomic E-state index is -0.102. The number of aromatic nitrogens is 1. The van der Waals surface area contributed by atoms with Gasteiger partial charge in [-0.05, 0) is 55.4 Å². The molecule has 1 atom stereocenters. The van der Waals surface area contributed by atoms with E-state index in [0.717, 1.165) is 32.2 Å². The summed E-state index contributed by atoms with van der Waals surface area (Å²) in [4.78, 5) is 34.2. The molecular formula is C23H27N3O2. The fourth-order valence-corrected chi connectivity index (χ4v) is 4.37. The summed E-state index contributed by atoms with van der Waals surface area (Å²) in [5, 5.41) is 0. The molecule has 1 saturated heterocycles. The molecule has 3 heterocycles. The van der Waals surface area contributed by atoms with Gasteiger partial charge >= 0.3 is 0 Å². The Morgan fingerprint density at radius 2 is 1.89 bits per heavy atom. The smallest absolute Gasteiger partial charge is 0.272 e. The molecule has 0 bridgehead atoms. The van der Waals surface area contributed by atoms with Gasteiger partial charge < -0.3 is 9.80 Å². The van der Waals surface area contributed by atoms with Gasteiger partial charge in [-0.2, -0.15) is 0 Å². The molecule has 0 saturated carbocycles. The van der Waals surface area contributed by atoms with Gasteiger partial charge in [-0.1, -0.05) is 31.2 Å². The lowest BCUT2D eigenvalue weighted by Crippen LogP contribution is -2.43. The van der Waals surface area contributed by atoms with Crippen LogP contribution in [-0.4, -0.2) is 45.7 Å². The van der Waals surface area contributed by atoms with E-state index in [2.05, 4.69) is 24.0 Å². The molecule has 28 heavy (non-hydrogen) atoms. The SMILES string of the molecule is CCC1CCCCN1C(=O)c1ccnc(C(=O)N2CCc3ccccc3C2)c1. The van der Waals surface area contributed by atoms with Gasteiger partial charge in [-0.3, -0.25) is 14.6 Å². The Labute approximate surface area is 166 Å². The molecule has 0 radical (unpaired) electrons. The minimum Gasteiger partial charge on any atom is -0.336 e. The van der Waals surface area contributed by atoms with Crippen LogP contribution in [0.4, 0.5) is 0 Å². The molecule has 1 aromatic carbocycles. The van der Waals surface area contributed by atoms with Crippen molar-refractivity contribution in [2.45, 2.75) is 51.6 Å². The summed E-state index contributed by atoms with van der Waals surface area (Å²) in [5.74, 6) is -0.0816. The molecule has 2 aliphatic heterocycles. The van der Waals surface area contributed by atoms with E-state index < -0.39 is 0 Å². The number of pyridine rings is 1. The monoisotopic (exact) mass is 377 g/mol. The van der Waals surface area contributed by atoms with Crippen LogP contribution in [0.2, 0.25) is 0 Å². The lowest BCUT2D eigenvalue weighted by molar-refractivity contribution is 0.0608. The lowest BCUT2D eigenvalue weighted by Gasteiger charge is -2.35. The van der Waals surface area contributed by atoms with Gasteiger partial charge in [-0.25, -0.2) is 0 Å². The zero-order valence-electron chi connectivity index (χ0n) is 16.4. The van der Waals surface area contributed by atoms with E-state index in [1.54, 1.807) is 18.3 Å². The number of fused-ring (bicyclic) bond motifs is 1. The Hall–Kier alpha value is -2.69. The molecule has 2 aromatic rings. The molecule has 1 unspecified atom stereocenters. The number of hydrogen-bond donors (Lipinski definition) is 0. The predicted molar refractivity (Wildman–Crippen MR) is 108 cm³/mol. The average Bonchev–Trinajstić information content (AvgIpc) is 2.77. The van der Waals surface area contributed by atoms with E-state index in [-0.39, 0.29) is 11.8 Å². The Kier molecular flexibility index (Phi) is 5.42. The summed E-state index contributed by atoms with van der Waals surface area (Å²) in [5.41, 5.74) is 3.42. The summed E-state index contributed by atoms with van der Waals surface area (Å²) >= 11 is 0. The molecule has 2 aliphatic rings. The highest BCUT2D eigenvalue weighted by Crippen LogP contribution is 2.23. The first-order valence-corrected chi connectivity index (χ1v) is 10.3. The Bertz CT molecular complexity index is 880. The summed E-state index contributed by atoms with van der Waals surface area (Å²) in [6.07, 6.45) is 6.70. The molecule has 1 fully saturated rings. The van der Waals surface area contributed by atoms with Crippen molar-refractivity contribution in [3.63, 3.8) is 0 Å². The first kappa shape index (κ1) is 18.7. The second-order valence-corrected chi connectivity index (χ2v) is 7.73. The van der Waals surface area contributed by atoms with Crippen LogP contribution in [0.5, 0.6) is 0 Å². The molecule has 0 N–H and O–H groups in total. The quantitative estimate of drug-likeness (QED) is 0.820. The van der Waals surface area contributed by atoms with E-state index in [4.69, 9.17) is 0 Å². The van der Waals surface area contributed by atoms with Crippen molar-refractivity contribution in [2.75, 3.05) is 13.1 Å². The number of amides is 2. The van der Waals surface area contributed by atoms with Gasteiger partial charge in [0, 0.05) is 37.4 Å². The molecular weight excluding hydrogens is 350 g/mol. The van der Waals surface area contributed by atoms with Crippen LogP contribution < -0.4 is 0 Å². The van der Waals surface area contributed by atoms with Crippen molar-refractivity contribution in [1.29, 1.82) is 0 Å². The van der Waals surface area contributed by atoms with Gasteiger partial charge in [0.15, 0.2) is 0 Å². The molecule has 5 heteroatoms. The number of nitrogens with zero attached hydrogens (tertiary/aromatic N) is 3. The third-order valence-electron chi connectivity index (χ3n) is 6.00. The number of rotatable bonds is 3. The second kappa shape index (κ2) is 8.13. The van der Waals surface area contributed by atoms with Crippen molar-refractivity contribution >= 4 is 11.8 Å². The number of likely N-dealkylation sites (tertiary alicyclic amines) is 1. The number of piperidine rings is 1. The van der Waals surface area contributed by atoms with Gasteiger partial charge in [0.2, 0.25) is 0 Å². The molecule has 2 amide bonds. The summed E-state index contributed by atoms with van der Waals surface area (Å²) in [6.45, 7) is 4.20. The topological polar surface area (TPSA) is 53.5 Å². The van der Waals surface area contributed by atoms with E-state index in [0.29, 0.717) is 30.4 Å². The Balaban J connectivity index is 1.52. The summed E-state index contributed by atoms with van der Waals surface area (Å²) in [7, 11) is 0. The first-order valence-electron chi connectivity index (χ1n) is 10.3. The summed E-state index contributed by atoms with van der Waals surface area (Å²) in [6, 6.07) is 11.9. The Morgan fingerprint density at radius 3 is 2.71 bits per heavy atom. The molecule has 0 aliphatic carbocycles. The number of carbonyl (C=O) groups is 2. The predicted octanol–water partition coefficient (Wildman–Crippen LogP) is 3.68. The largest absolute Gasteiger partial charge is 0.336 e. The first-order chi connectivity index (χ1) is 13.7. The maximum atomic E-state index is 13.1. The third kappa shape index (κ3) is 3.66. The standard InChI is InChI=1S/C23H27N3O2/c1-2-20-9-5-6-13-26(20)22(27)18-10-12-24-21(15-18)23(28)25-14-11-17-7-3-4-8-19(17)16-25/h3-4,7-8,10,12,15,20H,2,5-6,9,11,13-14,16H2,1H3. The van der Waals surface area contributed by atoms with Crippen LogP contribution in [0.15, 0.2) is 42.6 Å². The Morgan fingerprint density at radius 1 is 1.07 bits per heavy atom. The molecule has 0 spiro atoms. The lowest BCUT2D eigenvalue weighted by atomic mass is 9.98. The van der Waals surface area contributed by atoms with E-state index in [1.165, 1.54) is 17.5 Å². The number of hydrogen-bond acceptors (Lipinski definition) is 3. The molecule has 1 aromatic heterocycles. The van der Waals surface area contributed by atoms with Crippen molar-refractivity contribution in [3.8, 4) is 0 Å². The second-order valence-electron chi connectivity index (χ2n) is 7.73. The van der Waals surface area contributed by atoms with Crippen molar-refractivity contribution < 1.29 is 9.59 Å². The van der Waals surface area contributed by atoms with Gasteiger partial charge in [-0.15, -0.1) is 0 Å². The van der Waals surface area contributed by atoms with Gasteiger partial charge in [0.25, 0.3) is 11.8 Å². The fraction of sp³-hybridized carbons (Fsp3) is 0.435. The van der Waals surface area contributed by atoms with Gasteiger partial charge in [0.05, 0.1) is 0 Å². The molecule has 5 nitrogen and oxygen atoms in total. The zero-order valence-corrected chi connectivity index (χ0v) is 16.4. The highest BCUT2D eigenvalue weighted by Gasteiger charge is 2.28. The van der Waals surface area contributed by atoms with E-state index in [9.17, 15) is 9.59 Å². The highest BCUT2D eigenvalue weighted by atomic mass is 16.2. The highest BCUT2D eigenvalue weighted by molar-refractivity contribution is 5.98. The zero-order chi connectivity index (χ0) is 19.5. The van der Waals surface area contributed by atoms with E-state index in [1.807, 2.05) is 21.9 Å². The van der Waals surface area contributed by atoms with Crippen LogP contribution in [0.25, 0.3) is 0 Å². The third-order valence-corrected chi connectivity index (χ3v) is 6.00. The fourth-order valence-electron chi connectivity index (χ4n) is 4.37. The maximum absolute atomic E-state index is 13.1. The normalized spacial score (nSPS) is 19.2. The van der Waals surface area contributed by atoms with Crippen molar-refractivity contribution in [3.05, 3.63) is 65.0 Å². The average molecular weight is 377 g/mol. The molecule has 146 valence electrons. The van der Waals surface area contributed by atoms with Crippen LogP contribution in [-0.2, 0) is 13.0 Å². The minimum absolute atomic E-state index is 0.0204. The van der Waals surface area contributed by atoms with Crippen LogP contribution in [0, 0.1) is 0 Å². The number of benzene rings is 1. The van der Waals surface area contributed by atoms with Crippen LogP contribution in [0.3, 0.4) is 0 Å². The maximum Gasteiger partial charge on any atom is 0.272 e. The number of carbonyl (C=O) groups excluding carboxylic acids is 2. The van der Waals surface area contributed by atoms with Crippen LogP contribution >= 0.6 is 0 Å². The molecule has 4 rings (SSSR count). The summed E-state index contributed by atoms with van der Waals surface area (Å²) < 4.78 is 0. The van der Waals surface area contributed by atoms with Gasteiger partial charge in [0.1, 0.15) is 5.69 Å². The van der Waals surface area contributed by atoms with Crippen molar-refractivity contribution in [2.24, 2.45) is 0 Å².